The van der Waals surface area contributed by atoms with Gasteiger partial charge >= 0.3 is 0 Å². The summed E-state index contributed by atoms with van der Waals surface area (Å²) >= 11 is 6.90. The fourth-order valence-electron chi connectivity index (χ4n) is 2.30. The Kier molecular flexibility index (Phi) is 5.11. The number of thiazole rings is 1. The van der Waals surface area contributed by atoms with Gasteiger partial charge < -0.3 is 10.6 Å². The number of rotatable bonds is 3. The number of fused-ring (bicyclic) bond motifs is 1. The van der Waals surface area contributed by atoms with E-state index in [1.54, 1.807) is 11.3 Å². The van der Waals surface area contributed by atoms with E-state index in [2.05, 4.69) is 16.7 Å². The number of nitrogens with one attached hydrogen (secondary N) is 2. The van der Waals surface area contributed by atoms with Crippen LogP contribution in [-0.2, 0) is 4.79 Å². The molecule has 1 amide bonds. The predicted molar refractivity (Wildman–Crippen MR) is 109 cm³/mol. The van der Waals surface area contributed by atoms with Crippen LogP contribution in [0.4, 0.5) is 5.69 Å². The number of amides is 1. The van der Waals surface area contributed by atoms with Crippen molar-refractivity contribution in [3.8, 4) is 10.6 Å². The zero-order valence-electron chi connectivity index (χ0n) is 14.3. The van der Waals surface area contributed by atoms with E-state index in [0.717, 1.165) is 32.0 Å². The van der Waals surface area contributed by atoms with E-state index in [1.807, 2.05) is 57.2 Å². The van der Waals surface area contributed by atoms with Crippen molar-refractivity contribution in [2.45, 2.75) is 20.8 Å². The molecule has 0 fully saturated rings. The van der Waals surface area contributed by atoms with Crippen molar-refractivity contribution in [2.24, 2.45) is 5.92 Å². The fraction of sp³-hybridized carbons (Fsp3) is 0.211. The SMILES string of the molecule is Cc1ccc(-c2nc3ccccc3s2)cc1NC(=S)NC(=O)C(C)C. The second kappa shape index (κ2) is 7.29. The van der Waals surface area contributed by atoms with Crippen LogP contribution in [0.25, 0.3) is 20.8 Å². The molecule has 0 spiro atoms. The molecule has 25 heavy (non-hydrogen) atoms. The summed E-state index contributed by atoms with van der Waals surface area (Å²) in [6.07, 6.45) is 0. The molecule has 3 aromatic rings. The summed E-state index contributed by atoms with van der Waals surface area (Å²) in [5.74, 6) is -0.215. The minimum absolute atomic E-state index is 0.0996. The highest BCUT2D eigenvalue weighted by molar-refractivity contribution is 7.80. The lowest BCUT2D eigenvalue weighted by Crippen LogP contribution is -2.36. The van der Waals surface area contributed by atoms with Crippen LogP contribution in [0, 0.1) is 12.8 Å². The summed E-state index contributed by atoms with van der Waals surface area (Å²) in [5.41, 5.74) is 3.93. The Labute approximate surface area is 156 Å². The Morgan fingerprint density at radius 1 is 1.20 bits per heavy atom. The lowest BCUT2D eigenvalue weighted by Gasteiger charge is -2.13. The fourth-order valence-corrected chi connectivity index (χ4v) is 3.47. The maximum atomic E-state index is 11.8. The van der Waals surface area contributed by atoms with Crippen molar-refractivity contribution in [1.82, 2.24) is 10.3 Å². The molecule has 6 heteroatoms. The first-order valence-corrected chi connectivity index (χ1v) is 9.25. The van der Waals surface area contributed by atoms with Crippen LogP contribution in [0.2, 0.25) is 0 Å². The number of nitrogens with zero attached hydrogens (tertiary/aromatic N) is 1. The first-order chi connectivity index (χ1) is 11.9. The summed E-state index contributed by atoms with van der Waals surface area (Å²) in [6.45, 7) is 5.66. The Morgan fingerprint density at radius 2 is 1.96 bits per heavy atom. The van der Waals surface area contributed by atoms with Gasteiger partial charge in [0, 0.05) is 17.2 Å². The number of thiocarbonyl (C=S) groups is 1. The van der Waals surface area contributed by atoms with Crippen LogP contribution in [0.5, 0.6) is 0 Å². The van der Waals surface area contributed by atoms with Gasteiger partial charge in [-0.3, -0.25) is 4.79 Å². The lowest BCUT2D eigenvalue weighted by atomic mass is 10.1. The minimum atomic E-state index is -0.116. The molecule has 0 aliphatic heterocycles. The standard InChI is InChI=1S/C19H19N3OS2/c1-11(2)17(23)22-19(24)21-15-10-13(9-8-12(15)3)18-20-14-6-4-5-7-16(14)25-18/h4-11H,1-3H3,(H2,21,22,23,24). The van der Waals surface area contributed by atoms with Gasteiger partial charge in [0.1, 0.15) is 5.01 Å². The Balaban J connectivity index is 1.85. The summed E-state index contributed by atoms with van der Waals surface area (Å²) in [7, 11) is 0. The molecule has 0 atom stereocenters. The monoisotopic (exact) mass is 369 g/mol. The summed E-state index contributed by atoms with van der Waals surface area (Å²) < 4.78 is 1.16. The number of para-hydroxylation sites is 1. The highest BCUT2D eigenvalue weighted by atomic mass is 32.1. The van der Waals surface area contributed by atoms with E-state index in [0.29, 0.717) is 5.11 Å². The topological polar surface area (TPSA) is 54.0 Å². The van der Waals surface area contributed by atoms with Crippen molar-refractivity contribution in [2.75, 3.05) is 5.32 Å². The molecule has 1 aromatic heterocycles. The van der Waals surface area contributed by atoms with E-state index in [1.165, 1.54) is 0 Å². The average molecular weight is 370 g/mol. The maximum Gasteiger partial charge on any atom is 0.228 e. The van der Waals surface area contributed by atoms with Crippen LogP contribution in [-0.4, -0.2) is 16.0 Å². The first kappa shape index (κ1) is 17.5. The highest BCUT2D eigenvalue weighted by Crippen LogP contribution is 2.32. The molecule has 2 N–H and O–H groups in total. The van der Waals surface area contributed by atoms with Crippen LogP contribution in [0.15, 0.2) is 42.5 Å². The molecule has 0 radical (unpaired) electrons. The molecule has 0 aliphatic rings. The van der Waals surface area contributed by atoms with Crippen molar-refractivity contribution in [3.63, 3.8) is 0 Å². The number of hydrogen-bond acceptors (Lipinski definition) is 4. The van der Waals surface area contributed by atoms with Gasteiger partial charge in [0.05, 0.1) is 10.2 Å². The number of benzene rings is 2. The molecular weight excluding hydrogens is 350 g/mol. The smallest absolute Gasteiger partial charge is 0.228 e. The summed E-state index contributed by atoms with van der Waals surface area (Å²) in [4.78, 5) is 16.5. The van der Waals surface area contributed by atoms with E-state index >= 15 is 0 Å². The van der Waals surface area contributed by atoms with Crippen molar-refractivity contribution in [3.05, 3.63) is 48.0 Å². The minimum Gasteiger partial charge on any atom is -0.332 e. The van der Waals surface area contributed by atoms with Crippen molar-refractivity contribution >= 4 is 50.5 Å². The van der Waals surface area contributed by atoms with Crippen LogP contribution >= 0.6 is 23.6 Å². The molecular formula is C19H19N3OS2. The number of anilines is 1. The molecule has 2 aromatic carbocycles. The quantitative estimate of drug-likeness (QED) is 0.655. The van der Waals surface area contributed by atoms with Gasteiger partial charge in [-0.2, -0.15) is 0 Å². The third-order valence-electron chi connectivity index (χ3n) is 3.79. The van der Waals surface area contributed by atoms with Crippen molar-refractivity contribution < 1.29 is 4.79 Å². The van der Waals surface area contributed by atoms with Gasteiger partial charge in [-0.1, -0.05) is 38.1 Å². The normalized spacial score (nSPS) is 10.9. The molecule has 0 saturated heterocycles. The molecule has 4 nitrogen and oxygen atoms in total. The van der Waals surface area contributed by atoms with Gasteiger partial charge in [0.15, 0.2) is 5.11 Å². The van der Waals surface area contributed by atoms with E-state index < -0.39 is 0 Å². The Hall–Kier alpha value is -2.31. The molecule has 0 aliphatic carbocycles. The predicted octanol–water partition coefficient (Wildman–Crippen LogP) is 4.74. The maximum absolute atomic E-state index is 11.8. The molecule has 3 rings (SSSR count). The summed E-state index contributed by atoms with van der Waals surface area (Å²) in [5, 5.41) is 7.09. The molecule has 0 bridgehead atoms. The lowest BCUT2D eigenvalue weighted by molar-refractivity contribution is -0.122. The second-order valence-electron chi connectivity index (χ2n) is 6.11. The third-order valence-corrected chi connectivity index (χ3v) is 5.08. The van der Waals surface area contributed by atoms with E-state index in [-0.39, 0.29) is 11.8 Å². The molecule has 128 valence electrons. The molecule has 0 saturated carbocycles. The van der Waals surface area contributed by atoms with Gasteiger partial charge in [-0.15, -0.1) is 11.3 Å². The second-order valence-corrected chi connectivity index (χ2v) is 7.55. The van der Waals surface area contributed by atoms with Crippen LogP contribution < -0.4 is 10.6 Å². The highest BCUT2D eigenvalue weighted by Gasteiger charge is 2.11. The van der Waals surface area contributed by atoms with Gasteiger partial charge in [-0.05, 0) is 42.9 Å². The molecule has 1 heterocycles. The number of aromatic nitrogens is 1. The van der Waals surface area contributed by atoms with E-state index in [4.69, 9.17) is 17.2 Å². The number of hydrogen-bond donors (Lipinski definition) is 2. The number of carbonyl (C=O) groups is 1. The Bertz CT molecular complexity index is 914. The van der Waals surface area contributed by atoms with Gasteiger partial charge in [0.2, 0.25) is 5.91 Å². The van der Waals surface area contributed by atoms with Crippen LogP contribution in [0.3, 0.4) is 0 Å². The largest absolute Gasteiger partial charge is 0.332 e. The molecule has 0 unspecified atom stereocenters. The van der Waals surface area contributed by atoms with Gasteiger partial charge in [0.25, 0.3) is 0 Å². The zero-order valence-corrected chi connectivity index (χ0v) is 15.9. The van der Waals surface area contributed by atoms with Crippen molar-refractivity contribution in [1.29, 1.82) is 0 Å². The van der Waals surface area contributed by atoms with Crippen LogP contribution in [0.1, 0.15) is 19.4 Å². The van der Waals surface area contributed by atoms with E-state index in [9.17, 15) is 4.79 Å². The first-order valence-electron chi connectivity index (χ1n) is 8.02. The third kappa shape index (κ3) is 4.03. The summed E-state index contributed by atoms with van der Waals surface area (Å²) in [6, 6.07) is 14.2. The Morgan fingerprint density at radius 3 is 2.68 bits per heavy atom. The number of aryl methyl sites for hydroxylation is 1. The average Bonchev–Trinajstić information content (AvgIpc) is 3.00. The van der Waals surface area contributed by atoms with Gasteiger partial charge in [-0.25, -0.2) is 4.98 Å². The number of carbonyl (C=O) groups excluding carboxylic acids is 1. The zero-order chi connectivity index (χ0) is 18.0.